The lowest BCUT2D eigenvalue weighted by Gasteiger charge is -2.12. The summed E-state index contributed by atoms with van der Waals surface area (Å²) in [6, 6.07) is 6.25. The van der Waals surface area contributed by atoms with Gasteiger partial charge in [-0.2, -0.15) is 5.10 Å². The number of carbonyl (C=O) groups is 3. The Morgan fingerprint density at radius 1 is 1.29 bits per heavy atom. The molecule has 1 aromatic carbocycles. The number of carbonyl (C=O) groups excluding carboxylic acids is 2. The lowest BCUT2D eigenvalue weighted by Crippen LogP contribution is -2.32. The highest BCUT2D eigenvalue weighted by Gasteiger charge is 2.18. The van der Waals surface area contributed by atoms with Crippen molar-refractivity contribution < 1.29 is 24.2 Å². The van der Waals surface area contributed by atoms with Crippen molar-refractivity contribution in [1.29, 1.82) is 0 Å². The van der Waals surface area contributed by atoms with Gasteiger partial charge in [-0.25, -0.2) is 10.2 Å². The van der Waals surface area contributed by atoms with Gasteiger partial charge in [-0.15, -0.1) is 0 Å². The SMILES string of the molecule is O=C(O)COc1ccc(NC(=O)C2=NNC(=O)CC2)cc1. The van der Waals surface area contributed by atoms with Gasteiger partial charge in [0.2, 0.25) is 5.91 Å². The molecule has 8 nitrogen and oxygen atoms in total. The molecule has 21 heavy (non-hydrogen) atoms. The highest BCUT2D eigenvalue weighted by Crippen LogP contribution is 2.16. The number of amides is 2. The first-order chi connectivity index (χ1) is 10.0. The van der Waals surface area contributed by atoms with Crippen LogP contribution in [0.3, 0.4) is 0 Å². The van der Waals surface area contributed by atoms with Crippen LogP contribution in [-0.4, -0.2) is 35.2 Å². The first-order valence-corrected chi connectivity index (χ1v) is 6.16. The fourth-order valence-electron chi connectivity index (χ4n) is 1.62. The lowest BCUT2D eigenvalue weighted by molar-refractivity contribution is -0.139. The zero-order valence-electron chi connectivity index (χ0n) is 11.0. The number of benzene rings is 1. The number of nitrogens with one attached hydrogen (secondary N) is 2. The number of hydrogen-bond donors (Lipinski definition) is 3. The summed E-state index contributed by atoms with van der Waals surface area (Å²) in [4.78, 5) is 33.2. The molecule has 1 heterocycles. The molecule has 1 aliphatic heterocycles. The van der Waals surface area contributed by atoms with Gasteiger partial charge in [0, 0.05) is 18.5 Å². The van der Waals surface area contributed by atoms with Gasteiger partial charge in [0.25, 0.3) is 5.91 Å². The minimum absolute atomic E-state index is 0.216. The van der Waals surface area contributed by atoms with Crippen molar-refractivity contribution in [3.05, 3.63) is 24.3 Å². The first kappa shape index (κ1) is 14.5. The molecule has 0 fully saturated rings. The summed E-state index contributed by atoms with van der Waals surface area (Å²) in [5.41, 5.74) is 3.01. The van der Waals surface area contributed by atoms with E-state index < -0.39 is 18.5 Å². The smallest absolute Gasteiger partial charge is 0.341 e. The minimum Gasteiger partial charge on any atom is -0.482 e. The van der Waals surface area contributed by atoms with Crippen LogP contribution in [0.1, 0.15) is 12.8 Å². The topological polar surface area (TPSA) is 117 Å². The van der Waals surface area contributed by atoms with E-state index >= 15 is 0 Å². The Morgan fingerprint density at radius 2 is 2.00 bits per heavy atom. The van der Waals surface area contributed by atoms with E-state index in [4.69, 9.17) is 9.84 Å². The maximum Gasteiger partial charge on any atom is 0.341 e. The Hall–Kier alpha value is -2.90. The molecule has 8 heteroatoms. The summed E-state index contributed by atoms with van der Waals surface area (Å²) in [6.45, 7) is -0.428. The normalized spacial score (nSPS) is 13.9. The molecule has 110 valence electrons. The van der Waals surface area contributed by atoms with Crippen molar-refractivity contribution in [2.24, 2.45) is 5.10 Å². The molecule has 1 aromatic rings. The van der Waals surface area contributed by atoms with Crippen LogP contribution in [0.4, 0.5) is 5.69 Å². The first-order valence-electron chi connectivity index (χ1n) is 6.16. The van der Waals surface area contributed by atoms with Gasteiger partial charge >= 0.3 is 5.97 Å². The van der Waals surface area contributed by atoms with Gasteiger partial charge in [0.1, 0.15) is 11.5 Å². The van der Waals surface area contributed by atoms with Crippen LogP contribution in [-0.2, 0) is 14.4 Å². The Morgan fingerprint density at radius 3 is 2.57 bits per heavy atom. The Bertz CT molecular complexity index is 594. The number of carboxylic acid groups (broad SMARTS) is 1. The maximum absolute atomic E-state index is 11.9. The van der Waals surface area contributed by atoms with Crippen molar-refractivity contribution in [3.8, 4) is 5.75 Å². The monoisotopic (exact) mass is 291 g/mol. The van der Waals surface area contributed by atoms with Crippen LogP contribution in [0.15, 0.2) is 29.4 Å². The summed E-state index contributed by atoms with van der Waals surface area (Å²) in [6.07, 6.45) is 0.520. The molecule has 2 amide bonds. The highest BCUT2D eigenvalue weighted by molar-refractivity contribution is 6.43. The predicted octanol–water partition coefficient (Wildman–Crippen LogP) is 0.354. The molecule has 1 aliphatic rings. The van der Waals surface area contributed by atoms with Crippen LogP contribution in [0.2, 0.25) is 0 Å². The molecule has 0 saturated heterocycles. The van der Waals surface area contributed by atoms with E-state index in [0.29, 0.717) is 11.4 Å². The molecule has 0 aliphatic carbocycles. The number of aliphatic carboxylic acids is 1. The van der Waals surface area contributed by atoms with E-state index in [1.165, 1.54) is 0 Å². The van der Waals surface area contributed by atoms with Crippen molar-refractivity contribution in [3.63, 3.8) is 0 Å². The average Bonchev–Trinajstić information content (AvgIpc) is 2.47. The lowest BCUT2D eigenvalue weighted by atomic mass is 10.1. The fourth-order valence-corrected chi connectivity index (χ4v) is 1.62. The van der Waals surface area contributed by atoms with E-state index in [1.807, 2.05) is 0 Å². The summed E-state index contributed by atoms with van der Waals surface area (Å²) >= 11 is 0. The molecule has 0 atom stereocenters. The second kappa shape index (κ2) is 6.51. The third-order valence-corrected chi connectivity index (χ3v) is 2.64. The molecule has 3 N–H and O–H groups in total. The van der Waals surface area contributed by atoms with Crippen LogP contribution < -0.4 is 15.5 Å². The zero-order chi connectivity index (χ0) is 15.2. The Kier molecular flexibility index (Phi) is 4.50. The summed E-state index contributed by atoms with van der Waals surface area (Å²) in [5, 5.41) is 14.8. The summed E-state index contributed by atoms with van der Waals surface area (Å²) < 4.78 is 4.97. The van der Waals surface area contributed by atoms with Crippen molar-refractivity contribution in [2.45, 2.75) is 12.8 Å². The van der Waals surface area contributed by atoms with E-state index in [2.05, 4.69) is 15.8 Å². The van der Waals surface area contributed by atoms with Gasteiger partial charge in [-0.3, -0.25) is 9.59 Å². The molecule has 2 rings (SSSR count). The van der Waals surface area contributed by atoms with E-state index in [-0.39, 0.29) is 24.5 Å². The average molecular weight is 291 g/mol. The van der Waals surface area contributed by atoms with Gasteiger partial charge in [-0.05, 0) is 24.3 Å². The van der Waals surface area contributed by atoms with Gasteiger partial charge in [0.05, 0.1) is 0 Å². The molecule has 0 aromatic heterocycles. The molecule has 0 saturated carbocycles. The molecule has 0 unspecified atom stereocenters. The standard InChI is InChI=1S/C13H13N3O5/c17-11-6-5-10(15-16-11)13(20)14-8-1-3-9(4-2-8)21-7-12(18)19/h1-4H,5-7H2,(H,14,20)(H,16,17)(H,18,19). The predicted molar refractivity (Wildman–Crippen MR) is 73.0 cm³/mol. The second-order valence-electron chi connectivity index (χ2n) is 4.25. The van der Waals surface area contributed by atoms with Crippen LogP contribution in [0.25, 0.3) is 0 Å². The van der Waals surface area contributed by atoms with E-state index in [0.717, 1.165) is 0 Å². The molecular formula is C13H13N3O5. The van der Waals surface area contributed by atoms with Crippen LogP contribution >= 0.6 is 0 Å². The number of hydrogen-bond acceptors (Lipinski definition) is 5. The van der Waals surface area contributed by atoms with E-state index in [9.17, 15) is 14.4 Å². The summed E-state index contributed by atoms with van der Waals surface area (Å²) in [5.74, 6) is -1.29. The third-order valence-electron chi connectivity index (χ3n) is 2.64. The maximum atomic E-state index is 11.9. The molecule has 0 spiro atoms. The number of ether oxygens (including phenoxy) is 1. The van der Waals surface area contributed by atoms with Gasteiger partial charge < -0.3 is 15.2 Å². The number of nitrogens with zero attached hydrogens (tertiary/aromatic N) is 1. The van der Waals surface area contributed by atoms with Gasteiger partial charge in [0.15, 0.2) is 6.61 Å². The molecule has 0 bridgehead atoms. The molecular weight excluding hydrogens is 278 g/mol. The highest BCUT2D eigenvalue weighted by atomic mass is 16.5. The van der Waals surface area contributed by atoms with Crippen molar-refractivity contribution in [2.75, 3.05) is 11.9 Å². The van der Waals surface area contributed by atoms with Crippen LogP contribution in [0.5, 0.6) is 5.75 Å². The number of rotatable bonds is 5. The van der Waals surface area contributed by atoms with Gasteiger partial charge in [-0.1, -0.05) is 0 Å². The summed E-state index contributed by atoms with van der Waals surface area (Å²) in [7, 11) is 0. The number of carboxylic acids is 1. The van der Waals surface area contributed by atoms with Crippen LogP contribution in [0, 0.1) is 0 Å². The third kappa shape index (κ3) is 4.30. The van der Waals surface area contributed by atoms with Crippen molar-refractivity contribution in [1.82, 2.24) is 5.43 Å². The largest absolute Gasteiger partial charge is 0.482 e. The number of anilines is 1. The van der Waals surface area contributed by atoms with Crippen molar-refractivity contribution >= 4 is 29.2 Å². The second-order valence-corrected chi connectivity index (χ2v) is 4.25. The number of hydrazone groups is 1. The van der Waals surface area contributed by atoms with E-state index in [1.54, 1.807) is 24.3 Å². The molecule has 0 radical (unpaired) electrons. The Balaban J connectivity index is 1.92. The zero-order valence-corrected chi connectivity index (χ0v) is 11.0. The minimum atomic E-state index is -1.07. The quantitative estimate of drug-likeness (QED) is 0.723. The fraction of sp³-hybridized carbons (Fsp3) is 0.231. The Labute approximate surface area is 119 Å².